The van der Waals surface area contributed by atoms with Gasteiger partial charge >= 0.3 is 0 Å². The van der Waals surface area contributed by atoms with E-state index in [1.807, 2.05) is 48.5 Å². The first-order chi connectivity index (χ1) is 16.1. The minimum atomic E-state index is -0.238. The van der Waals surface area contributed by atoms with Crippen molar-refractivity contribution < 1.29 is 9.59 Å². The lowest BCUT2D eigenvalue weighted by Crippen LogP contribution is -1.99. The average molecular weight is 481 g/mol. The van der Waals surface area contributed by atoms with Crippen molar-refractivity contribution in [2.24, 2.45) is 0 Å². The smallest absolute Gasteiger partial charge is 0.197 e. The molecule has 0 atom stereocenters. The predicted molar refractivity (Wildman–Crippen MR) is 137 cm³/mol. The SMILES string of the molecule is O=C1C(=Cc2nc3sc(-c4cc5ccccc5s4)nc3s2)C(=O)c2cc3ccccc3cc21. The Kier molecular flexibility index (Phi) is 4.02. The summed E-state index contributed by atoms with van der Waals surface area (Å²) in [5, 5.41) is 4.68. The van der Waals surface area contributed by atoms with Gasteiger partial charge in [0, 0.05) is 15.8 Å². The maximum absolute atomic E-state index is 13.0. The first-order valence-corrected chi connectivity index (χ1v) is 12.7. The number of Topliss-reactive ketones (excluding diaryl/α,β-unsaturated/α-hetero) is 2. The number of thiophene rings is 1. The molecule has 0 saturated heterocycles. The van der Waals surface area contributed by atoms with Crippen LogP contribution in [0.1, 0.15) is 25.7 Å². The zero-order chi connectivity index (χ0) is 22.1. The van der Waals surface area contributed by atoms with Gasteiger partial charge < -0.3 is 0 Å². The molecule has 3 aromatic carbocycles. The number of carbonyl (C=O) groups excluding carboxylic acids is 2. The molecule has 7 rings (SSSR count). The Labute approximate surface area is 199 Å². The van der Waals surface area contributed by atoms with E-state index >= 15 is 0 Å². The molecule has 0 aliphatic heterocycles. The molecule has 7 heteroatoms. The highest BCUT2D eigenvalue weighted by Gasteiger charge is 2.33. The van der Waals surface area contributed by atoms with Crippen molar-refractivity contribution in [3.05, 3.63) is 88.4 Å². The number of nitrogens with zero attached hydrogens (tertiary/aromatic N) is 2. The number of hydrogen-bond acceptors (Lipinski definition) is 7. The number of rotatable bonds is 2. The average Bonchev–Trinajstić information content (AvgIpc) is 3.57. The number of aromatic nitrogens is 2. The molecule has 3 aromatic heterocycles. The highest BCUT2D eigenvalue weighted by Crippen LogP contribution is 2.39. The van der Waals surface area contributed by atoms with Crippen LogP contribution in [0.3, 0.4) is 0 Å². The van der Waals surface area contributed by atoms with E-state index in [0.29, 0.717) is 16.1 Å². The summed E-state index contributed by atoms with van der Waals surface area (Å²) in [7, 11) is 0. The maximum atomic E-state index is 13.0. The Morgan fingerprint density at radius 1 is 0.667 bits per heavy atom. The topological polar surface area (TPSA) is 59.9 Å². The van der Waals surface area contributed by atoms with Crippen LogP contribution in [-0.2, 0) is 0 Å². The van der Waals surface area contributed by atoms with Crippen LogP contribution >= 0.6 is 34.0 Å². The van der Waals surface area contributed by atoms with Crippen molar-refractivity contribution in [1.29, 1.82) is 0 Å². The molecule has 0 spiro atoms. The lowest BCUT2D eigenvalue weighted by Gasteiger charge is -2.00. The third-order valence-electron chi connectivity index (χ3n) is 5.76. The van der Waals surface area contributed by atoms with Crippen LogP contribution in [-0.4, -0.2) is 21.5 Å². The van der Waals surface area contributed by atoms with E-state index in [1.165, 1.54) is 32.8 Å². The zero-order valence-corrected chi connectivity index (χ0v) is 19.3. The molecule has 0 fully saturated rings. The molecule has 1 aliphatic carbocycles. The largest absolute Gasteiger partial charge is 0.288 e. The summed E-state index contributed by atoms with van der Waals surface area (Å²) in [5.41, 5.74) is 1.11. The van der Waals surface area contributed by atoms with E-state index in [9.17, 15) is 9.59 Å². The standard InChI is InChI=1S/C26H12N2O2S3/c29-22-16-9-13-5-1-2-6-14(13)10-17(16)23(30)18(22)12-21-27-25-26(32-21)28-24(33-25)20-11-15-7-3-4-8-19(15)31-20/h1-12H. The molecule has 33 heavy (non-hydrogen) atoms. The van der Waals surface area contributed by atoms with Crippen LogP contribution in [0.4, 0.5) is 0 Å². The normalized spacial score (nSPS) is 13.5. The summed E-state index contributed by atoms with van der Waals surface area (Å²) < 4.78 is 1.23. The molecule has 0 radical (unpaired) electrons. The molecule has 0 bridgehead atoms. The molecule has 0 saturated carbocycles. The lowest BCUT2D eigenvalue weighted by atomic mass is 10.0. The molecule has 0 N–H and O–H groups in total. The van der Waals surface area contributed by atoms with Gasteiger partial charge in [-0.25, -0.2) is 9.97 Å². The van der Waals surface area contributed by atoms with E-state index in [-0.39, 0.29) is 17.1 Å². The molecule has 3 heterocycles. The summed E-state index contributed by atoms with van der Waals surface area (Å²) in [5.74, 6) is -0.475. The molecular weight excluding hydrogens is 468 g/mol. The Balaban J connectivity index is 1.26. The van der Waals surface area contributed by atoms with Gasteiger partial charge in [-0.1, -0.05) is 65.1 Å². The minimum Gasteiger partial charge on any atom is -0.288 e. The fourth-order valence-electron chi connectivity index (χ4n) is 4.18. The van der Waals surface area contributed by atoms with Crippen LogP contribution in [0.5, 0.6) is 0 Å². The second kappa shape index (κ2) is 6.99. The van der Waals surface area contributed by atoms with Gasteiger partial charge in [-0.3, -0.25) is 9.59 Å². The number of allylic oxidation sites excluding steroid dienone is 1. The number of hydrogen-bond donors (Lipinski definition) is 0. The molecule has 0 amide bonds. The number of thiazole rings is 2. The second-order valence-electron chi connectivity index (χ2n) is 7.79. The first-order valence-electron chi connectivity index (χ1n) is 10.2. The van der Waals surface area contributed by atoms with Crippen LogP contribution in [0.25, 0.3) is 46.5 Å². The Morgan fingerprint density at radius 2 is 1.30 bits per heavy atom. The van der Waals surface area contributed by atoms with Crippen molar-refractivity contribution in [2.45, 2.75) is 0 Å². The van der Waals surface area contributed by atoms with E-state index in [0.717, 1.165) is 30.3 Å². The predicted octanol–water partition coefficient (Wildman–Crippen LogP) is 7.25. The number of benzene rings is 3. The lowest BCUT2D eigenvalue weighted by molar-refractivity contribution is 0.0990. The zero-order valence-electron chi connectivity index (χ0n) is 16.9. The number of carbonyl (C=O) groups is 2. The molecule has 6 aromatic rings. The summed E-state index contributed by atoms with van der Waals surface area (Å²) >= 11 is 4.66. The van der Waals surface area contributed by atoms with Gasteiger partial charge in [-0.05, 0) is 46.5 Å². The van der Waals surface area contributed by atoms with Crippen molar-refractivity contribution in [1.82, 2.24) is 9.97 Å². The van der Waals surface area contributed by atoms with Gasteiger partial charge in [0.2, 0.25) is 0 Å². The maximum Gasteiger partial charge on any atom is 0.197 e. The van der Waals surface area contributed by atoms with Gasteiger partial charge in [0.25, 0.3) is 0 Å². The van der Waals surface area contributed by atoms with E-state index in [1.54, 1.807) is 17.4 Å². The minimum absolute atomic E-state index is 0.173. The molecule has 4 nitrogen and oxygen atoms in total. The van der Waals surface area contributed by atoms with Crippen molar-refractivity contribution in [3.63, 3.8) is 0 Å². The second-order valence-corrected chi connectivity index (χ2v) is 10.9. The first kappa shape index (κ1) is 19.0. The quantitative estimate of drug-likeness (QED) is 0.193. The van der Waals surface area contributed by atoms with Gasteiger partial charge in [0.05, 0.1) is 10.5 Å². The van der Waals surface area contributed by atoms with Gasteiger partial charge in [0.15, 0.2) is 21.2 Å². The van der Waals surface area contributed by atoms with Crippen LogP contribution in [0, 0.1) is 0 Å². The van der Waals surface area contributed by atoms with E-state index in [2.05, 4.69) is 23.2 Å². The molecular formula is C26H12N2O2S3. The summed E-state index contributed by atoms with van der Waals surface area (Å²) in [6, 6.07) is 21.8. The molecule has 0 unspecified atom stereocenters. The van der Waals surface area contributed by atoms with Gasteiger partial charge in [-0.2, -0.15) is 0 Å². The fourth-order valence-corrected chi connectivity index (χ4v) is 7.28. The Hall–Kier alpha value is -3.52. The van der Waals surface area contributed by atoms with Crippen molar-refractivity contribution in [2.75, 3.05) is 0 Å². The summed E-state index contributed by atoms with van der Waals surface area (Å²) in [6.45, 7) is 0. The van der Waals surface area contributed by atoms with Crippen molar-refractivity contribution >= 4 is 82.2 Å². The Bertz CT molecular complexity index is 1700. The van der Waals surface area contributed by atoms with Crippen molar-refractivity contribution in [3.8, 4) is 9.88 Å². The molecule has 156 valence electrons. The highest BCUT2D eigenvalue weighted by atomic mass is 32.1. The van der Waals surface area contributed by atoms with Crippen LogP contribution < -0.4 is 0 Å². The number of ketones is 2. The summed E-state index contributed by atoms with van der Waals surface area (Å²) in [4.78, 5) is 38.2. The highest BCUT2D eigenvalue weighted by molar-refractivity contribution is 7.31. The number of fused-ring (bicyclic) bond motifs is 4. The van der Waals surface area contributed by atoms with Gasteiger partial charge in [0.1, 0.15) is 10.0 Å². The monoisotopic (exact) mass is 480 g/mol. The summed E-state index contributed by atoms with van der Waals surface area (Å²) in [6.07, 6.45) is 1.62. The van der Waals surface area contributed by atoms with E-state index < -0.39 is 0 Å². The fraction of sp³-hybridized carbons (Fsp3) is 0. The van der Waals surface area contributed by atoms with E-state index in [4.69, 9.17) is 4.98 Å². The third kappa shape index (κ3) is 2.94. The molecule has 1 aliphatic rings. The van der Waals surface area contributed by atoms with Crippen LogP contribution in [0.15, 0.2) is 72.3 Å². The Morgan fingerprint density at radius 3 is 1.97 bits per heavy atom. The van der Waals surface area contributed by atoms with Crippen LogP contribution in [0.2, 0.25) is 0 Å². The van der Waals surface area contributed by atoms with Gasteiger partial charge in [-0.15, -0.1) is 11.3 Å². The third-order valence-corrected chi connectivity index (χ3v) is 9.02.